The van der Waals surface area contributed by atoms with E-state index >= 15 is 0 Å². The van der Waals surface area contributed by atoms with Gasteiger partial charge in [-0.15, -0.1) is 23.2 Å². The Labute approximate surface area is 308 Å². The van der Waals surface area contributed by atoms with Crippen LogP contribution in [0.3, 0.4) is 0 Å². The molecule has 14 heteroatoms. The summed E-state index contributed by atoms with van der Waals surface area (Å²) in [6.07, 6.45) is 2.02. The average Bonchev–Trinajstić information content (AvgIpc) is 3.08. The van der Waals surface area contributed by atoms with Gasteiger partial charge in [-0.25, -0.2) is 19.7 Å². The van der Waals surface area contributed by atoms with Crippen molar-refractivity contribution in [3.8, 4) is 0 Å². The van der Waals surface area contributed by atoms with Gasteiger partial charge in [0.15, 0.2) is 5.82 Å². The average molecular weight is 752 g/mol. The van der Waals surface area contributed by atoms with Crippen LogP contribution in [-0.2, 0) is 4.74 Å². The smallest absolute Gasteiger partial charge is 0.423 e. The van der Waals surface area contributed by atoms with Crippen molar-refractivity contribution >= 4 is 97.5 Å². The molecule has 256 valence electrons. The lowest BCUT2D eigenvalue weighted by Crippen LogP contribution is -2.41. The van der Waals surface area contributed by atoms with Gasteiger partial charge >= 0.3 is 6.09 Å². The Kier molecular flexibility index (Phi) is 13.4. The van der Waals surface area contributed by atoms with Gasteiger partial charge in [-0.1, -0.05) is 60.7 Å². The predicted molar refractivity (Wildman–Crippen MR) is 200 cm³/mol. The van der Waals surface area contributed by atoms with Crippen LogP contribution >= 0.6 is 46.4 Å². The first-order valence-corrected chi connectivity index (χ1v) is 16.7. The summed E-state index contributed by atoms with van der Waals surface area (Å²) in [5.41, 5.74) is 0.114. The van der Waals surface area contributed by atoms with Gasteiger partial charge in [-0.2, -0.15) is 9.88 Å². The van der Waals surface area contributed by atoms with Gasteiger partial charge in [-0.05, 0) is 95.8 Å². The Hall–Kier alpha value is -4.87. The van der Waals surface area contributed by atoms with Crippen molar-refractivity contribution < 1.29 is 19.1 Å². The summed E-state index contributed by atoms with van der Waals surface area (Å²) in [6, 6.07) is 29.3. The van der Waals surface area contributed by atoms with Gasteiger partial charge < -0.3 is 10.1 Å². The maximum Gasteiger partial charge on any atom is 0.423 e. The van der Waals surface area contributed by atoms with Crippen molar-refractivity contribution in [2.75, 3.05) is 15.6 Å². The third-order valence-corrected chi connectivity index (χ3v) is 6.86. The summed E-state index contributed by atoms with van der Waals surface area (Å²) in [5.74, 6) is -0.374. The maximum atomic E-state index is 13.1. The molecule has 6 aromatic rings. The standard InChI is InChI=1S/C20H18ClN3O3.C15H10ClN3O.CH2Cl2/c1-20(2,3)27-19(26)24(16-10-11-22-18(21)23-16)17(25)15-9-8-13-6-4-5-7-14(13)12-15;16-15-17-8-7-13(19-15)18-14(20)12-6-5-10-3-1-2-4-11(10)9-12;2-1-3/h4-12H,1-3H3;1-9H,(H,17,18,19,20);1H2. The first-order valence-electron chi connectivity index (χ1n) is 14.8. The number of benzene rings is 4. The molecule has 2 aromatic heterocycles. The van der Waals surface area contributed by atoms with E-state index in [0.717, 1.165) is 26.4 Å². The summed E-state index contributed by atoms with van der Waals surface area (Å²) in [4.78, 5) is 54.4. The van der Waals surface area contributed by atoms with E-state index in [9.17, 15) is 14.4 Å². The van der Waals surface area contributed by atoms with E-state index in [1.54, 1.807) is 45.0 Å². The van der Waals surface area contributed by atoms with Crippen LogP contribution < -0.4 is 10.2 Å². The third-order valence-electron chi connectivity index (χ3n) is 6.50. The van der Waals surface area contributed by atoms with Crippen LogP contribution in [0.1, 0.15) is 41.5 Å². The molecule has 10 nitrogen and oxygen atoms in total. The Morgan fingerprint density at radius 1 is 0.700 bits per heavy atom. The quantitative estimate of drug-likeness (QED) is 0.139. The Morgan fingerprint density at radius 3 is 1.74 bits per heavy atom. The third kappa shape index (κ3) is 10.8. The zero-order valence-corrected chi connectivity index (χ0v) is 30.0. The number of fused-ring (bicyclic) bond motifs is 2. The van der Waals surface area contributed by atoms with Crippen LogP contribution in [0.4, 0.5) is 16.4 Å². The molecule has 0 atom stereocenters. The Morgan fingerprint density at radius 2 is 1.20 bits per heavy atom. The topological polar surface area (TPSA) is 127 Å². The van der Waals surface area contributed by atoms with Gasteiger partial charge in [0.1, 0.15) is 11.4 Å². The van der Waals surface area contributed by atoms with E-state index in [4.69, 9.17) is 51.1 Å². The van der Waals surface area contributed by atoms with Crippen LogP contribution in [0, 0.1) is 0 Å². The largest absolute Gasteiger partial charge is 0.443 e. The first-order chi connectivity index (χ1) is 23.9. The van der Waals surface area contributed by atoms with Crippen molar-refractivity contribution in [2.24, 2.45) is 0 Å². The fourth-order valence-electron chi connectivity index (χ4n) is 4.41. The monoisotopic (exact) mass is 750 g/mol. The number of aromatic nitrogens is 4. The molecular formula is C36H30Cl4N6O4. The van der Waals surface area contributed by atoms with Gasteiger partial charge in [0.05, 0.1) is 5.34 Å². The fourth-order valence-corrected chi connectivity index (χ4v) is 4.70. The van der Waals surface area contributed by atoms with Crippen LogP contribution in [0.15, 0.2) is 109 Å². The number of hydrogen-bond acceptors (Lipinski definition) is 8. The number of alkyl halides is 2. The second kappa shape index (κ2) is 17.7. The molecule has 0 aliphatic carbocycles. The number of rotatable bonds is 4. The molecule has 4 aromatic carbocycles. The summed E-state index contributed by atoms with van der Waals surface area (Å²) in [5, 5.41) is 6.88. The summed E-state index contributed by atoms with van der Waals surface area (Å²) >= 11 is 21.0. The molecule has 2 heterocycles. The molecule has 0 radical (unpaired) electrons. The number of amides is 3. The van der Waals surface area contributed by atoms with Gasteiger partial charge in [0, 0.05) is 29.6 Å². The summed E-state index contributed by atoms with van der Waals surface area (Å²) < 4.78 is 5.39. The van der Waals surface area contributed by atoms with Gasteiger partial charge in [-0.3, -0.25) is 9.59 Å². The molecule has 0 bridgehead atoms. The first kappa shape index (κ1) is 37.9. The van der Waals surface area contributed by atoms with Crippen LogP contribution in [0.25, 0.3) is 21.5 Å². The lowest BCUT2D eigenvalue weighted by Gasteiger charge is -2.25. The molecule has 0 saturated carbocycles. The highest BCUT2D eigenvalue weighted by Crippen LogP contribution is 2.23. The number of ether oxygens (including phenoxy) is 1. The minimum absolute atomic E-state index is 0.0439. The van der Waals surface area contributed by atoms with Crippen molar-refractivity contribution in [3.63, 3.8) is 0 Å². The van der Waals surface area contributed by atoms with Crippen LogP contribution in [0.2, 0.25) is 10.6 Å². The zero-order valence-electron chi connectivity index (χ0n) is 27.0. The minimum atomic E-state index is -0.838. The molecule has 0 fully saturated rings. The predicted octanol–water partition coefficient (Wildman–Crippen LogP) is 9.82. The molecule has 0 aliphatic rings. The molecular weight excluding hydrogens is 722 g/mol. The van der Waals surface area contributed by atoms with Crippen molar-refractivity contribution in [2.45, 2.75) is 26.4 Å². The van der Waals surface area contributed by atoms with E-state index in [2.05, 4.69) is 25.3 Å². The number of carbonyl (C=O) groups excluding carboxylic acids is 3. The highest BCUT2D eigenvalue weighted by atomic mass is 35.5. The number of nitrogens with one attached hydrogen (secondary N) is 1. The van der Waals surface area contributed by atoms with E-state index in [0.29, 0.717) is 16.9 Å². The number of imide groups is 1. The van der Waals surface area contributed by atoms with E-state index < -0.39 is 17.6 Å². The summed E-state index contributed by atoms with van der Waals surface area (Å²) in [7, 11) is 0. The number of anilines is 2. The molecule has 6 rings (SSSR count). The van der Waals surface area contributed by atoms with E-state index in [-0.39, 0.29) is 27.6 Å². The molecule has 3 amide bonds. The van der Waals surface area contributed by atoms with Crippen molar-refractivity contribution in [3.05, 3.63) is 131 Å². The normalized spacial score (nSPS) is 10.6. The lowest BCUT2D eigenvalue weighted by atomic mass is 10.1. The molecule has 1 N–H and O–H groups in total. The van der Waals surface area contributed by atoms with Crippen LogP contribution in [-0.4, -0.2) is 48.8 Å². The molecule has 50 heavy (non-hydrogen) atoms. The maximum absolute atomic E-state index is 13.1. The molecule has 0 saturated heterocycles. The SMILES string of the molecule is CC(C)(C)OC(=O)N(C(=O)c1ccc2ccccc2c1)c1ccnc(Cl)n1.ClCCl.O=C(Nc1ccnc(Cl)n1)c1ccc2ccccc2c1. The van der Waals surface area contributed by atoms with Gasteiger partial charge in [0.25, 0.3) is 11.8 Å². The fraction of sp³-hybridized carbons (Fsp3) is 0.139. The number of carbonyl (C=O) groups is 3. The van der Waals surface area contributed by atoms with Crippen molar-refractivity contribution in [1.29, 1.82) is 0 Å². The van der Waals surface area contributed by atoms with Crippen LogP contribution in [0.5, 0.6) is 0 Å². The minimum Gasteiger partial charge on any atom is -0.443 e. The molecule has 0 spiro atoms. The second-order valence-electron chi connectivity index (χ2n) is 11.2. The number of halogens is 4. The zero-order chi connectivity index (χ0) is 36.3. The number of hydrogen-bond donors (Lipinski definition) is 1. The Bertz CT molecular complexity index is 2130. The Balaban J connectivity index is 0.000000216. The van der Waals surface area contributed by atoms with Crippen molar-refractivity contribution in [1.82, 2.24) is 19.9 Å². The molecule has 0 unspecified atom stereocenters. The van der Waals surface area contributed by atoms with Gasteiger partial charge in [0.2, 0.25) is 10.6 Å². The second-order valence-corrected chi connectivity index (χ2v) is 12.7. The van der Waals surface area contributed by atoms with E-state index in [1.807, 2.05) is 66.7 Å². The molecule has 0 aliphatic heterocycles. The highest BCUT2D eigenvalue weighted by molar-refractivity contribution is 6.40. The summed E-state index contributed by atoms with van der Waals surface area (Å²) in [6.45, 7) is 5.16. The van der Waals surface area contributed by atoms with E-state index in [1.165, 1.54) is 18.5 Å². The highest BCUT2D eigenvalue weighted by Gasteiger charge is 2.31. The number of nitrogens with zero attached hydrogens (tertiary/aromatic N) is 5. The lowest BCUT2D eigenvalue weighted by molar-refractivity contribution is 0.0562.